The lowest BCUT2D eigenvalue weighted by Crippen LogP contribution is -2.44. The third-order valence-electron chi connectivity index (χ3n) is 3.66. The second-order valence-electron chi connectivity index (χ2n) is 5.17. The maximum atomic E-state index is 6.01. The van der Waals surface area contributed by atoms with E-state index in [9.17, 15) is 0 Å². The molecular weight excluding hydrogens is 314 g/mol. The second-order valence-corrected chi connectivity index (χ2v) is 6.08. The number of hydrogen-bond donors (Lipinski definition) is 1. The van der Waals surface area contributed by atoms with E-state index in [1.165, 1.54) is 11.1 Å². The molecule has 2 aromatic carbocycles. The predicted octanol–water partition coefficient (Wildman–Crippen LogP) is 3.72. The van der Waals surface area contributed by atoms with Crippen LogP contribution in [0.15, 0.2) is 59.1 Å². The Bertz CT molecular complexity index is 533. The zero-order chi connectivity index (χ0) is 13.8. The molecule has 0 bridgehead atoms. The van der Waals surface area contributed by atoms with Crippen LogP contribution in [0.25, 0.3) is 0 Å². The van der Waals surface area contributed by atoms with Crippen LogP contribution >= 0.6 is 15.9 Å². The lowest BCUT2D eigenvalue weighted by Gasteiger charge is -2.30. The molecule has 20 heavy (non-hydrogen) atoms. The average molecular weight is 332 g/mol. The molecular formula is C17H18BrNO. The summed E-state index contributed by atoms with van der Waals surface area (Å²) in [4.78, 5) is 0. The first kappa shape index (κ1) is 13.8. The van der Waals surface area contributed by atoms with Gasteiger partial charge in [-0.05, 0) is 29.7 Å². The van der Waals surface area contributed by atoms with Gasteiger partial charge in [0.2, 0.25) is 0 Å². The van der Waals surface area contributed by atoms with Crippen molar-refractivity contribution in [2.75, 3.05) is 13.2 Å². The van der Waals surface area contributed by atoms with Crippen LogP contribution in [0.5, 0.6) is 0 Å². The van der Waals surface area contributed by atoms with E-state index in [1.807, 2.05) is 0 Å². The number of rotatable bonds is 3. The van der Waals surface area contributed by atoms with E-state index in [2.05, 4.69) is 75.8 Å². The Kier molecular flexibility index (Phi) is 4.51. The molecule has 0 spiro atoms. The van der Waals surface area contributed by atoms with Gasteiger partial charge in [-0.2, -0.15) is 0 Å². The molecule has 0 aromatic heterocycles. The van der Waals surface area contributed by atoms with E-state index in [-0.39, 0.29) is 6.10 Å². The molecule has 0 aliphatic carbocycles. The van der Waals surface area contributed by atoms with Crippen molar-refractivity contribution in [1.82, 2.24) is 5.32 Å². The molecule has 1 fully saturated rings. The van der Waals surface area contributed by atoms with E-state index in [1.54, 1.807) is 0 Å². The second kappa shape index (κ2) is 6.53. The molecule has 0 amide bonds. The van der Waals surface area contributed by atoms with Crippen molar-refractivity contribution < 1.29 is 4.74 Å². The minimum Gasteiger partial charge on any atom is -0.371 e. The topological polar surface area (TPSA) is 21.3 Å². The van der Waals surface area contributed by atoms with E-state index in [0.717, 1.165) is 24.0 Å². The first-order valence-electron chi connectivity index (χ1n) is 6.95. The van der Waals surface area contributed by atoms with Gasteiger partial charge in [0.15, 0.2) is 0 Å². The first-order valence-corrected chi connectivity index (χ1v) is 7.75. The van der Waals surface area contributed by atoms with Crippen molar-refractivity contribution in [2.45, 2.75) is 18.6 Å². The van der Waals surface area contributed by atoms with Crippen molar-refractivity contribution in [1.29, 1.82) is 0 Å². The Hall–Kier alpha value is -1.16. The van der Waals surface area contributed by atoms with Crippen molar-refractivity contribution >= 4 is 15.9 Å². The van der Waals surface area contributed by atoms with Gasteiger partial charge >= 0.3 is 0 Å². The van der Waals surface area contributed by atoms with Crippen LogP contribution in [0, 0.1) is 0 Å². The van der Waals surface area contributed by atoms with Crippen molar-refractivity contribution in [3.05, 3.63) is 70.2 Å². The minimum atomic E-state index is 0.162. The number of hydrogen-bond acceptors (Lipinski definition) is 2. The van der Waals surface area contributed by atoms with Crippen LogP contribution in [-0.2, 0) is 11.2 Å². The SMILES string of the molecule is Brc1ccc([C@H]2CN[C@@H](Cc3ccccc3)CO2)cc1. The lowest BCUT2D eigenvalue weighted by molar-refractivity contribution is 0.00306. The largest absolute Gasteiger partial charge is 0.371 e. The Labute approximate surface area is 128 Å². The molecule has 2 atom stereocenters. The fourth-order valence-electron chi connectivity index (χ4n) is 2.55. The maximum absolute atomic E-state index is 6.01. The Morgan fingerprint density at radius 2 is 1.80 bits per heavy atom. The smallest absolute Gasteiger partial charge is 0.0950 e. The number of halogens is 1. The molecule has 1 aliphatic heterocycles. The molecule has 0 radical (unpaired) electrons. The predicted molar refractivity (Wildman–Crippen MR) is 84.8 cm³/mol. The fourth-order valence-corrected chi connectivity index (χ4v) is 2.81. The molecule has 1 saturated heterocycles. The monoisotopic (exact) mass is 331 g/mol. The highest BCUT2D eigenvalue weighted by Gasteiger charge is 2.22. The fraction of sp³-hybridized carbons (Fsp3) is 0.294. The molecule has 0 saturated carbocycles. The molecule has 3 rings (SSSR count). The first-order chi connectivity index (χ1) is 9.81. The van der Waals surface area contributed by atoms with Gasteiger partial charge in [-0.1, -0.05) is 58.4 Å². The van der Waals surface area contributed by atoms with Gasteiger partial charge in [0.05, 0.1) is 12.7 Å². The summed E-state index contributed by atoms with van der Waals surface area (Å²) in [5.74, 6) is 0. The summed E-state index contributed by atoms with van der Waals surface area (Å²) in [7, 11) is 0. The van der Waals surface area contributed by atoms with Crippen LogP contribution in [0.2, 0.25) is 0 Å². The average Bonchev–Trinajstić information content (AvgIpc) is 2.50. The number of morpholine rings is 1. The van der Waals surface area contributed by atoms with Crippen molar-refractivity contribution in [3.63, 3.8) is 0 Å². The van der Waals surface area contributed by atoms with Gasteiger partial charge in [0.1, 0.15) is 0 Å². The molecule has 1 N–H and O–H groups in total. The molecule has 1 heterocycles. The molecule has 1 aliphatic rings. The van der Waals surface area contributed by atoms with Crippen LogP contribution in [-0.4, -0.2) is 19.2 Å². The Morgan fingerprint density at radius 1 is 1.05 bits per heavy atom. The summed E-state index contributed by atoms with van der Waals surface area (Å²) in [5, 5.41) is 3.59. The van der Waals surface area contributed by atoms with Crippen molar-refractivity contribution in [2.24, 2.45) is 0 Å². The van der Waals surface area contributed by atoms with Gasteiger partial charge < -0.3 is 10.1 Å². The van der Waals surface area contributed by atoms with E-state index >= 15 is 0 Å². The normalized spacial score (nSPS) is 22.6. The molecule has 2 nitrogen and oxygen atoms in total. The summed E-state index contributed by atoms with van der Waals surface area (Å²) in [5.41, 5.74) is 2.59. The summed E-state index contributed by atoms with van der Waals surface area (Å²) in [6.45, 7) is 1.63. The highest BCUT2D eigenvalue weighted by Crippen LogP contribution is 2.22. The summed E-state index contributed by atoms with van der Waals surface area (Å²) in [6, 6.07) is 19.3. The molecule has 104 valence electrons. The maximum Gasteiger partial charge on any atom is 0.0950 e. The van der Waals surface area contributed by atoms with Crippen LogP contribution in [0.3, 0.4) is 0 Å². The van der Waals surface area contributed by atoms with Gasteiger partial charge in [0, 0.05) is 17.1 Å². The molecule has 3 heteroatoms. The third-order valence-corrected chi connectivity index (χ3v) is 4.19. The number of ether oxygens (including phenoxy) is 1. The van der Waals surface area contributed by atoms with E-state index < -0.39 is 0 Å². The lowest BCUT2D eigenvalue weighted by atomic mass is 10.0. The number of nitrogens with one attached hydrogen (secondary N) is 1. The van der Waals surface area contributed by atoms with Gasteiger partial charge in [-0.15, -0.1) is 0 Å². The van der Waals surface area contributed by atoms with E-state index in [0.29, 0.717) is 6.04 Å². The zero-order valence-corrected chi connectivity index (χ0v) is 12.8. The summed E-state index contributed by atoms with van der Waals surface area (Å²) in [6.07, 6.45) is 1.18. The summed E-state index contributed by atoms with van der Waals surface area (Å²) >= 11 is 3.46. The Balaban J connectivity index is 1.55. The van der Waals surface area contributed by atoms with Gasteiger partial charge in [-0.25, -0.2) is 0 Å². The highest BCUT2D eigenvalue weighted by atomic mass is 79.9. The Morgan fingerprint density at radius 3 is 2.45 bits per heavy atom. The van der Waals surface area contributed by atoms with Gasteiger partial charge in [-0.3, -0.25) is 0 Å². The summed E-state index contributed by atoms with van der Waals surface area (Å²) < 4.78 is 7.11. The standard InChI is InChI=1S/C17H18BrNO/c18-15-8-6-14(7-9-15)17-11-19-16(12-20-17)10-13-4-2-1-3-5-13/h1-9,16-17,19H,10-12H2/t16-,17+/m0/s1. The van der Waals surface area contributed by atoms with Crippen molar-refractivity contribution in [3.8, 4) is 0 Å². The molecule has 2 aromatic rings. The van der Waals surface area contributed by atoms with Crippen LogP contribution in [0.4, 0.5) is 0 Å². The van der Waals surface area contributed by atoms with E-state index in [4.69, 9.17) is 4.74 Å². The van der Waals surface area contributed by atoms with Gasteiger partial charge in [0.25, 0.3) is 0 Å². The quantitative estimate of drug-likeness (QED) is 0.925. The van der Waals surface area contributed by atoms with Crippen LogP contribution in [0.1, 0.15) is 17.2 Å². The number of benzene rings is 2. The molecule has 0 unspecified atom stereocenters. The minimum absolute atomic E-state index is 0.162. The third kappa shape index (κ3) is 3.48. The van der Waals surface area contributed by atoms with Crippen LogP contribution < -0.4 is 5.32 Å². The highest BCUT2D eigenvalue weighted by molar-refractivity contribution is 9.10. The zero-order valence-electron chi connectivity index (χ0n) is 11.3.